The van der Waals surface area contributed by atoms with Crippen LogP contribution in [-0.4, -0.2) is 61.8 Å². The lowest BCUT2D eigenvalue weighted by Gasteiger charge is -2.35. The van der Waals surface area contributed by atoms with E-state index in [9.17, 15) is 4.79 Å². The van der Waals surface area contributed by atoms with Gasteiger partial charge in [-0.2, -0.15) is 0 Å². The van der Waals surface area contributed by atoms with E-state index in [1.165, 1.54) is 0 Å². The van der Waals surface area contributed by atoms with Crippen molar-refractivity contribution in [3.63, 3.8) is 0 Å². The molecule has 0 unspecified atom stereocenters. The Morgan fingerprint density at radius 3 is 2.64 bits per heavy atom. The smallest absolute Gasteiger partial charge is 0.317 e. The van der Waals surface area contributed by atoms with Crippen LogP contribution in [0.25, 0.3) is 0 Å². The minimum Gasteiger partial charge on any atom is -0.486 e. The summed E-state index contributed by atoms with van der Waals surface area (Å²) < 4.78 is 11.1. The summed E-state index contributed by atoms with van der Waals surface area (Å²) in [4.78, 5) is 16.7. The summed E-state index contributed by atoms with van der Waals surface area (Å²) in [7, 11) is 0. The maximum Gasteiger partial charge on any atom is 0.317 e. The van der Waals surface area contributed by atoms with Crippen LogP contribution >= 0.6 is 11.6 Å². The predicted molar refractivity (Wildman–Crippen MR) is 97.5 cm³/mol. The average Bonchev–Trinajstić information content (AvgIpc) is 2.60. The summed E-state index contributed by atoms with van der Waals surface area (Å²) in [6, 6.07) is 3.66. The molecule has 138 valence electrons. The molecule has 0 bridgehead atoms. The van der Waals surface area contributed by atoms with Gasteiger partial charge in [0.1, 0.15) is 13.2 Å². The van der Waals surface area contributed by atoms with Crippen LogP contribution in [0.1, 0.15) is 19.4 Å². The molecule has 3 rings (SSSR count). The number of nitrogens with zero attached hydrogens (tertiary/aromatic N) is 2. The molecule has 0 aromatic heterocycles. The molecule has 1 N–H and O–H groups in total. The Kier molecular flexibility index (Phi) is 5.91. The van der Waals surface area contributed by atoms with Gasteiger partial charge in [0.05, 0.1) is 5.02 Å². The standard InChI is InChI=1S/C18H26ClN3O3/c1-13(2)12-21-3-5-22(6-4-21)18(23)20-11-14-9-15(19)17-16(10-14)24-7-8-25-17/h9-10,13H,3-8,11-12H2,1-2H3,(H,20,23). The van der Waals surface area contributed by atoms with Gasteiger partial charge in [0.15, 0.2) is 11.5 Å². The molecular formula is C18H26ClN3O3. The van der Waals surface area contributed by atoms with Gasteiger partial charge in [-0.25, -0.2) is 4.79 Å². The zero-order chi connectivity index (χ0) is 17.8. The largest absolute Gasteiger partial charge is 0.486 e. The van der Waals surface area contributed by atoms with Crippen molar-refractivity contribution in [2.75, 3.05) is 45.9 Å². The predicted octanol–water partition coefficient (Wildman–Crippen LogP) is 2.59. The van der Waals surface area contributed by atoms with Gasteiger partial charge in [-0.3, -0.25) is 4.90 Å². The molecule has 6 nitrogen and oxygen atoms in total. The third-order valence-corrected chi connectivity index (χ3v) is 4.66. The minimum absolute atomic E-state index is 0.0322. The lowest BCUT2D eigenvalue weighted by atomic mass is 10.2. The molecule has 1 aromatic carbocycles. The van der Waals surface area contributed by atoms with E-state index in [0.29, 0.717) is 42.2 Å². The van der Waals surface area contributed by atoms with Gasteiger partial charge in [-0.15, -0.1) is 0 Å². The van der Waals surface area contributed by atoms with Crippen LogP contribution in [0.2, 0.25) is 5.02 Å². The highest BCUT2D eigenvalue weighted by molar-refractivity contribution is 6.32. The van der Waals surface area contributed by atoms with Crippen molar-refractivity contribution in [1.29, 1.82) is 0 Å². The van der Waals surface area contributed by atoms with Crippen LogP contribution in [-0.2, 0) is 6.54 Å². The molecule has 1 aromatic rings. The van der Waals surface area contributed by atoms with Crippen molar-refractivity contribution in [1.82, 2.24) is 15.1 Å². The zero-order valence-electron chi connectivity index (χ0n) is 14.9. The third-order valence-electron chi connectivity index (χ3n) is 4.38. The molecule has 2 aliphatic rings. The molecule has 0 aliphatic carbocycles. The number of ether oxygens (including phenoxy) is 2. The van der Waals surface area contributed by atoms with E-state index in [1.807, 2.05) is 17.0 Å². The Balaban J connectivity index is 1.50. The normalized spacial score (nSPS) is 17.7. The summed E-state index contributed by atoms with van der Waals surface area (Å²) in [5, 5.41) is 3.49. The molecule has 2 heterocycles. The first-order valence-corrected chi connectivity index (χ1v) is 9.24. The Morgan fingerprint density at radius 1 is 1.20 bits per heavy atom. The molecule has 7 heteroatoms. The van der Waals surface area contributed by atoms with E-state index in [1.54, 1.807) is 0 Å². The Bertz CT molecular complexity index is 616. The maximum absolute atomic E-state index is 12.4. The van der Waals surface area contributed by atoms with Crippen molar-refractivity contribution < 1.29 is 14.3 Å². The van der Waals surface area contributed by atoms with Gasteiger partial charge in [0.2, 0.25) is 0 Å². The van der Waals surface area contributed by atoms with Crippen molar-refractivity contribution in [2.24, 2.45) is 5.92 Å². The minimum atomic E-state index is -0.0322. The molecule has 0 atom stereocenters. The molecular weight excluding hydrogens is 342 g/mol. The SMILES string of the molecule is CC(C)CN1CCN(C(=O)NCc2cc(Cl)c3c(c2)OCCO3)CC1. The number of amides is 2. The number of hydrogen-bond acceptors (Lipinski definition) is 4. The van der Waals surface area contributed by atoms with Crippen LogP contribution in [0, 0.1) is 5.92 Å². The van der Waals surface area contributed by atoms with Gasteiger partial charge in [0.25, 0.3) is 0 Å². The number of hydrogen-bond donors (Lipinski definition) is 1. The van der Waals surface area contributed by atoms with Gasteiger partial charge in [0, 0.05) is 39.3 Å². The molecule has 2 amide bonds. The van der Waals surface area contributed by atoms with Crippen LogP contribution < -0.4 is 14.8 Å². The molecule has 1 fully saturated rings. The number of halogens is 1. The third kappa shape index (κ3) is 4.70. The van der Waals surface area contributed by atoms with E-state index in [0.717, 1.165) is 38.3 Å². The number of carbonyl (C=O) groups excluding carboxylic acids is 1. The Hall–Kier alpha value is -1.66. The van der Waals surface area contributed by atoms with E-state index in [2.05, 4.69) is 24.1 Å². The van der Waals surface area contributed by atoms with Crippen molar-refractivity contribution in [3.8, 4) is 11.5 Å². The second-order valence-electron chi connectivity index (χ2n) is 6.94. The number of benzene rings is 1. The lowest BCUT2D eigenvalue weighted by Crippen LogP contribution is -2.52. The molecule has 2 aliphatic heterocycles. The Labute approximate surface area is 154 Å². The molecule has 0 saturated carbocycles. The number of piperazine rings is 1. The summed E-state index contributed by atoms with van der Waals surface area (Å²) in [5.74, 6) is 1.88. The number of urea groups is 1. The maximum atomic E-state index is 12.4. The van der Waals surface area contributed by atoms with Crippen LogP contribution in [0.3, 0.4) is 0 Å². The summed E-state index contributed by atoms with van der Waals surface area (Å²) in [5.41, 5.74) is 0.904. The van der Waals surface area contributed by atoms with E-state index >= 15 is 0 Å². The van der Waals surface area contributed by atoms with Gasteiger partial charge in [-0.1, -0.05) is 25.4 Å². The second-order valence-corrected chi connectivity index (χ2v) is 7.35. The molecule has 0 spiro atoms. The lowest BCUT2D eigenvalue weighted by molar-refractivity contribution is 0.131. The molecule has 0 radical (unpaired) electrons. The van der Waals surface area contributed by atoms with E-state index < -0.39 is 0 Å². The fourth-order valence-corrected chi connectivity index (χ4v) is 3.49. The van der Waals surface area contributed by atoms with Crippen molar-refractivity contribution in [2.45, 2.75) is 20.4 Å². The summed E-state index contributed by atoms with van der Waals surface area (Å²) in [6.45, 7) is 10.4. The highest BCUT2D eigenvalue weighted by atomic mass is 35.5. The fourth-order valence-electron chi connectivity index (χ4n) is 3.21. The quantitative estimate of drug-likeness (QED) is 0.888. The zero-order valence-corrected chi connectivity index (χ0v) is 15.6. The summed E-state index contributed by atoms with van der Waals surface area (Å²) >= 11 is 6.24. The number of nitrogens with one attached hydrogen (secondary N) is 1. The number of fused-ring (bicyclic) bond motifs is 1. The van der Waals surface area contributed by atoms with Gasteiger partial charge in [-0.05, 0) is 23.6 Å². The first-order valence-electron chi connectivity index (χ1n) is 8.86. The van der Waals surface area contributed by atoms with Crippen LogP contribution in [0.15, 0.2) is 12.1 Å². The van der Waals surface area contributed by atoms with Gasteiger partial charge >= 0.3 is 6.03 Å². The highest BCUT2D eigenvalue weighted by Gasteiger charge is 2.22. The summed E-state index contributed by atoms with van der Waals surface area (Å²) in [6.07, 6.45) is 0. The number of rotatable bonds is 4. The average molecular weight is 368 g/mol. The second kappa shape index (κ2) is 8.15. The first-order chi connectivity index (χ1) is 12.0. The molecule has 1 saturated heterocycles. The monoisotopic (exact) mass is 367 g/mol. The Morgan fingerprint density at radius 2 is 1.92 bits per heavy atom. The van der Waals surface area contributed by atoms with Crippen LogP contribution in [0.4, 0.5) is 4.79 Å². The van der Waals surface area contributed by atoms with Crippen molar-refractivity contribution >= 4 is 17.6 Å². The van der Waals surface area contributed by atoms with Crippen LogP contribution in [0.5, 0.6) is 11.5 Å². The van der Waals surface area contributed by atoms with E-state index in [4.69, 9.17) is 21.1 Å². The van der Waals surface area contributed by atoms with Crippen molar-refractivity contribution in [3.05, 3.63) is 22.7 Å². The topological polar surface area (TPSA) is 54.0 Å². The fraction of sp³-hybridized carbons (Fsp3) is 0.611. The van der Waals surface area contributed by atoms with E-state index in [-0.39, 0.29) is 6.03 Å². The molecule has 25 heavy (non-hydrogen) atoms. The highest BCUT2D eigenvalue weighted by Crippen LogP contribution is 2.38. The first kappa shape index (κ1) is 18.1. The number of carbonyl (C=O) groups is 1. The van der Waals surface area contributed by atoms with Gasteiger partial charge < -0.3 is 19.7 Å².